The average Bonchev–Trinajstić information content (AvgIpc) is 2.75. The van der Waals surface area contributed by atoms with Crippen LogP contribution in [0.3, 0.4) is 0 Å². The van der Waals surface area contributed by atoms with Crippen molar-refractivity contribution >= 4 is 29.1 Å². The molecule has 5 nitrogen and oxygen atoms in total. The summed E-state index contributed by atoms with van der Waals surface area (Å²) >= 11 is 6.01. The highest BCUT2D eigenvalue weighted by molar-refractivity contribution is 6.30. The number of aryl methyl sites for hydroxylation is 1. The molecule has 0 saturated carbocycles. The number of fused-ring (bicyclic) bond motifs is 1. The van der Waals surface area contributed by atoms with Crippen molar-refractivity contribution in [3.63, 3.8) is 0 Å². The van der Waals surface area contributed by atoms with Crippen LogP contribution in [0.15, 0.2) is 36.4 Å². The minimum absolute atomic E-state index is 0.150. The number of carbonyl (C=O) groups excluding carboxylic acids is 2. The summed E-state index contributed by atoms with van der Waals surface area (Å²) in [5, 5.41) is 0.560. The normalized spacial score (nSPS) is 13.7. The van der Waals surface area contributed by atoms with Gasteiger partial charge in [-0.3, -0.25) is 9.59 Å². The monoisotopic (exact) mass is 344 g/mol. The first-order valence-corrected chi connectivity index (χ1v) is 8.00. The molecule has 0 aromatic heterocycles. The molecule has 1 heterocycles. The molecule has 2 aromatic rings. The van der Waals surface area contributed by atoms with Crippen LogP contribution in [0.25, 0.3) is 0 Å². The van der Waals surface area contributed by atoms with Gasteiger partial charge in [-0.05, 0) is 49.2 Å². The van der Waals surface area contributed by atoms with E-state index in [-0.39, 0.29) is 5.91 Å². The van der Waals surface area contributed by atoms with E-state index < -0.39 is 5.91 Å². The number of primary amides is 1. The fourth-order valence-corrected chi connectivity index (χ4v) is 2.95. The first-order valence-electron chi connectivity index (χ1n) is 7.62. The number of nitrogens with two attached hydrogens (primary N) is 1. The molecule has 0 radical (unpaired) electrons. The largest absolute Gasteiger partial charge is 0.491 e. The Hall–Kier alpha value is -2.53. The summed E-state index contributed by atoms with van der Waals surface area (Å²) in [6.07, 6.45) is 0.719. The summed E-state index contributed by atoms with van der Waals surface area (Å²) in [6.45, 7) is 2.83. The van der Waals surface area contributed by atoms with Crippen LogP contribution >= 0.6 is 11.6 Å². The summed E-state index contributed by atoms with van der Waals surface area (Å²) < 4.78 is 5.68. The number of anilines is 1. The summed E-state index contributed by atoms with van der Waals surface area (Å²) in [7, 11) is 0. The van der Waals surface area contributed by atoms with Gasteiger partial charge in [-0.1, -0.05) is 11.6 Å². The van der Waals surface area contributed by atoms with E-state index in [9.17, 15) is 9.59 Å². The van der Waals surface area contributed by atoms with Crippen LogP contribution < -0.4 is 15.4 Å². The number of benzene rings is 2. The van der Waals surface area contributed by atoms with Crippen molar-refractivity contribution in [2.24, 2.45) is 5.73 Å². The minimum Gasteiger partial charge on any atom is -0.491 e. The predicted octanol–water partition coefficient (Wildman–Crippen LogP) is 3.18. The number of hydrogen-bond acceptors (Lipinski definition) is 3. The topological polar surface area (TPSA) is 72.6 Å². The van der Waals surface area contributed by atoms with Gasteiger partial charge in [-0.15, -0.1) is 0 Å². The van der Waals surface area contributed by atoms with Gasteiger partial charge in [-0.2, -0.15) is 0 Å². The van der Waals surface area contributed by atoms with Gasteiger partial charge in [0.2, 0.25) is 5.91 Å². The van der Waals surface area contributed by atoms with Crippen molar-refractivity contribution in [3.8, 4) is 5.75 Å². The molecule has 2 amide bonds. The summed E-state index contributed by atoms with van der Waals surface area (Å²) in [5.41, 5.74) is 7.60. The number of hydrogen-bond donors (Lipinski definition) is 1. The molecule has 1 aliphatic heterocycles. The lowest BCUT2D eigenvalue weighted by atomic mass is 10.0. The molecule has 1 aliphatic rings. The number of nitrogens with zero attached hydrogens (tertiary/aromatic N) is 1. The highest BCUT2D eigenvalue weighted by Gasteiger charge is 2.24. The van der Waals surface area contributed by atoms with Crippen LogP contribution in [0, 0.1) is 6.92 Å². The quantitative estimate of drug-likeness (QED) is 0.909. The minimum atomic E-state index is -0.505. The van der Waals surface area contributed by atoms with Crippen molar-refractivity contribution in [1.29, 1.82) is 0 Å². The molecule has 0 aliphatic carbocycles. The molecule has 124 valence electrons. The number of ether oxygens (including phenoxy) is 1. The zero-order chi connectivity index (χ0) is 17.3. The molecule has 2 aromatic carbocycles. The van der Waals surface area contributed by atoms with Crippen molar-refractivity contribution in [3.05, 3.63) is 58.1 Å². The van der Waals surface area contributed by atoms with Gasteiger partial charge in [-0.25, -0.2) is 0 Å². The van der Waals surface area contributed by atoms with Crippen LogP contribution in [0.4, 0.5) is 5.69 Å². The Kier molecular flexibility index (Phi) is 4.44. The molecule has 24 heavy (non-hydrogen) atoms. The van der Waals surface area contributed by atoms with Gasteiger partial charge in [0, 0.05) is 28.8 Å². The molecular weight excluding hydrogens is 328 g/mol. The Labute approximate surface area is 145 Å². The summed E-state index contributed by atoms with van der Waals surface area (Å²) in [6, 6.07) is 10.1. The number of amides is 2. The fraction of sp³-hybridized carbons (Fsp3) is 0.222. The number of carbonyl (C=O) groups is 2. The average molecular weight is 345 g/mol. The highest BCUT2D eigenvalue weighted by atomic mass is 35.5. The first-order chi connectivity index (χ1) is 11.5. The standard InChI is InChI=1S/C18H17ClN2O3/c1-11-9-12(3-5-14(11)17(20)22)18(23)21-7-2-8-24-16-10-13(19)4-6-15(16)21/h3-6,9-10H,2,7-8H2,1H3,(H2,20,22). The molecule has 3 rings (SSSR count). The molecule has 2 N–H and O–H groups in total. The smallest absolute Gasteiger partial charge is 0.258 e. The lowest BCUT2D eigenvalue weighted by Gasteiger charge is -2.22. The third-order valence-corrected chi connectivity index (χ3v) is 4.22. The van der Waals surface area contributed by atoms with Crippen molar-refractivity contribution < 1.29 is 14.3 Å². The van der Waals surface area contributed by atoms with Gasteiger partial charge in [0.15, 0.2) is 0 Å². The lowest BCUT2D eigenvalue weighted by molar-refractivity contribution is 0.0980. The highest BCUT2D eigenvalue weighted by Crippen LogP contribution is 2.34. The molecule has 0 fully saturated rings. The van der Waals surface area contributed by atoms with E-state index in [1.54, 1.807) is 48.2 Å². The second-order valence-corrected chi connectivity index (χ2v) is 6.10. The fourth-order valence-electron chi connectivity index (χ4n) is 2.79. The summed E-state index contributed by atoms with van der Waals surface area (Å²) in [5.74, 6) is -0.0586. The van der Waals surface area contributed by atoms with Gasteiger partial charge in [0.1, 0.15) is 5.75 Å². The second-order valence-electron chi connectivity index (χ2n) is 5.66. The SMILES string of the molecule is Cc1cc(C(=O)N2CCCOc3cc(Cl)ccc32)ccc1C(N)=O. The van der Waals surface area contributed by atoms with Gasteiger partial charge in [0.05, 0.1) is 12.3 Å². The number of halogens is 1. The maximum Gasteiger partial charge on any atom is 0.258 e. The Morgan fingerprint density at radius 1 is 1.21 bits per heavy atom. The van der Waals surface area contributed by atoms with E-state index in [4.69, 9.17) is 22.1 Å². The van der Waals surface area contributed by atoms with Crippen molar-refractivity contribution in [2.45, 2.75) is 13.3 Å². The zero-order valence-electron chi connectivity index (χ0n) is 13.2. The van der Waals surface area contributed by atoms with E-state index in [1.807, 2.05) is 0 Å². The Morgan fingerprint density at radius 2 is 2.00 bits per heavy atom. The van der Waals surface area contributed by atoms with Crippen molar-refractivity contribution in [1.82, 2.24) is 0 Å². The van der Waals surface area contributed by atoms with Crippen LogP contribution in [0.2, 0.25) is 5.02 Å². The molecular formula is C18H17ClN2O3. The Bertz CT molecular complexity index is 820. The zero-order valence-corrected chi connectivity index (χ0v) is 14.0. The van der Waals surface area contributed by atoms with Gasteiger partial charge >= 0.3 is 0 Å². The third-order valence-electron chi connectivity index (χ3n) is 3.98. The molecule has 0 spiro atoms. The van der Waals surface area contributed by atoms with E-state index >= 15 is 0 Å². The molecule has 0 saturated heterocycles. The third kappa shape index (κ3) is 3.08. The molecule has 0 unspecified atom stereocenters. The Morgan fingerprint density at radius 3 is 2.71 bits per heavy atom. The van der Waals surface area contributed by atoms with Crippen LogP contribution in [0.5, 0.6) is 5.75 Å². The molecule has 0 atom stereocenters. The predicted molar refractivity (Wildman–Crippen MR) is 92.9 cm³/mol. The van der Waals surface area contributed by atoms with Gasteiger partial charge < -0.3 is 15.4 Å². The first kappa shape index (κ1) is 16.3. The summed E-state index contributed by atoms with van der Waals surface area (Å²) in [4.78, 5) is 26.0. The van der Waals surface area contributed by atoms with Crippen LogP contribution in [-0.2, 0) is 0 Å². The Balaban J connectivity index is 1.98. The van der Waals surface area contributed by atoms with Gasteiger partial charge in [0.25, 0.3) is 5.91 Å². The molecule has 0 bridgehead atoms. The maximum atomic E-state index is 13.0. The van der Waals surface area contributed by atoms with E-state index in [0.29, 0.717) is 46.3 Å². The van der Waals surface area contributed by atoms with E-state index in [2.05, 4.69) is 0 Å². The van der Waals surface area contributed by atoms with Crippen LogP contribution in [0.1, 0.15) is 32.7 Å². The van der Waals surface area contributed by atoms with E-state index in [1.165, 1.54) is 0 Å². The van der Waals surface area contributed by atoms with E-state index in [0.717, 1.165) is 6.42 Å². The van der Waals surface area contributed by atoms with Crippen LogP contribution in [-0.4, -0.2) is 25.0 Å². The lowest BCUT2D eigenvalue weighted by Crippen LogP contribution is -2.31. The maximum absolute atomic E-state index is 13.0. The second kappa shape index (κ2) is 6.53. The number of rotatable bonds is 2. The molecule has 6 heteroatoms. The van der Waals surface area contributed by atoms with Crippen molar-refractivity contribution in [2.75, 3.05) is 18.1 Å².